The fourth-order valence-electron chi connectivity index (χ4n) is 3.61. The second kappa shape index (κ2) is 8.32. The Kier molecular flexibility index (Phi) is 5.07. The fourth-order valence-corrected chi connectivity index (χ4v) is 3.61. The Morgan fingerprint density at radius 2 is 1.61 bits per heavy atom. The highest BCUT2D eigenvalue weighted by Gasteiger charge is 2.07. The molecule has 5 nitrogen and oxygen atoms in total. The van der Waals surface area contributed by atoms with Gasteiger partial charge in [-0.2, -0.15) is 0 Å². The average Bonchev–Trinajstić information content (AvgIpc) is 2.83. The SMILES string of the molecule is Cc1cc(-c2ccc(CNc3nccc4cc(-c5cccnc5)ncc34)cc2)ccn1. The number of anilines is 1. The molecule has 4 aromatic heterocycles. The predicted molar refractivity (Wildman–Crippen MR) is 125 cm³/mol. The first-order valence-electron chi connectivity index (χ1n) is 10.2. The lowest BCUT2D eigenvalue weighted by Gasteiger charge is -2.10. The highest BCUT2D eigenvalue weighted by Crippen LogP contribution is 2.26. The van der Waals surface area contributed by atoms with Gasteiger partial charge in [-0.25, -0.2) is 4.98 Å². The van der Waals surface area contributed by atoms with Gasteiger partial charge < -0.3 is 5.32 Å². The van der Waals surface area contributed by atoms with Crippen LogP contribution in [0.2, 0.25) is 0 Å². The summed E-state index contributed by atoms with van der Waals surface area (Å²) in [6.07, 6.45) is 9.14. The molecule has 0 saturated heterocycles. The maximum atomic E-state index is 4.62. The van der Waals surface area contributed by atoms with Crippen LogP contribution in [0.4, 0.5) is 5.82 Å². The van der Waals surface area contributed by atoms with Gasteiger partial charge in [0.15, 0.2) is 0 Å². The maximum absolute atomic E-state index is 4.62. The third-order valence-electron chi connectivity index (χ3n) is 5.25. The Morgan fingerprint density at radius 3 is 2.42 bits per heavy atom. The number of rotatable bonds is 5. The van der Waals surface area contributed by atoms with E-state index >= 15 is 0 Å². The number of fused-ring (bicyclic) bond motifs is 1. The van der Waals surface area contributed by atoms with Crippen molar-refractivity contribution in [1.82, 2.24) is 19.9 Å². The number of aromatic nitrogens is 4. The van der Waals surface area contributed by atoms with Gasteiger partial charge in [0.05, 0.1) is 5.69 Å². The molecule has 0 aliphatic rings. The van der Waals surface area contributed by atoms with Gasteiger partial charge in [0.2, 0.25) is 0 Å². The second-order valence-electron chi connectivity index (χ2n) is 7.43. The number of aryl methyl sites for hydroxylation is 1. The lowest BCUT2D eigenvalue weighted by Crippen LogP contribution is -2.02. The fraction of sp³-hybridized carbons (Fsp3) is 0.0769. The molecule has 0 atom stereocenters. The summed E-state index contributed by atoms with van der Waals surface area (Å²) in [5.41, 5.74) is 6.47. The summed E-state index contributed by atoms with van der Waals surface area (Å²) in [6, 6.07) is 20.7. The van der Waals surface area contributed by atoms with Crippen molar-refractivity contribution in [3.8, 4) is 22.4 Å². The van der Waals surface area contributed by atoms with E-state index in [0.29, 0.717) is 6.54 Å². The molecular weight excluding hydrogens is 382 g/mol. The first-order chi connectivity index (χ1) is 15.3. The minimum absolute atomic E-state index is 0.687. The normalized spacial score (nSPS) is 10.9. The lowest BCUT2D eigenvalue weighted by molar-refractivity contribution is 1.12. The highest BCUT2D eigenvalue weighted by atomic mass is 15.0. The standard InChI is InChI=1S/C26H21N5/c1-18-13-21(8-11-28-18)20-6-4-19(5-7-20)15-31-26-24-17-30-25(14-22(24)9-12-29-26)23-3-2-10-27-16-23/h2-14,16-17H,15H2,1H3,(H,29,31). The second-order valence-corrected chi connectivity index (χ2v) is 7.43. The van der Waals surface area contributed by atoms with Crippen LogP contribution in [-0.4, -0.2) is 19.9 Å². The predicted octanol–water partition coefficient (Wildman–Crippen LogP) is 5.67. The van der Waals surface area contributed by atoms with Gasteiger partial charge in [0, 0.05) is 54.2 Å². The number of nitrogens with one attached hydrogen (secondary N) is 1. The Balaban J connectivity index is 1.35. The van der Waals surface area contributed by atoms with Crippen LogP contribution < -0.4 is 5.32 Å². The third kappa shape index (κ3) is 4.12. The molecule has 0 aliphatic heterocycles. The van der Waals surface area contributed by atoms with Crippen molar-refractivity contribution in [3.05, 3.63) is 103 Å². The van der Waals surface area contributed by atoms with E-state index in [4.69, 9.17) is 0 Å². The molecular formula is C26H21N5. The van der Waals surface area contributed by atoms with Crippen LogP contribution in [0.5, 0.6) is 0 Å². The Morgan fingerprint density at radius 1 is 0.742 bits per heavy atom. The lowest BCUT2D eigenvalue weighted by atomic mass is 10.0. The molecule has 4 heterocycles. The molecule has 0 radical (unpaired) electrons. The molecule has 5 aromatic rings. The van der Waals surface area contributed by atoms with E-state index in [1.807, 2.05) is 56.0 Å². The van der Waals surface area contributed by atoms with E-state index < -0.39 is 0 Å². The zero-order valence-electron chi connectivity index (χ0n) is 17.2. The van der Waals surface area contributed by atoms with Crippen LogP contribution in [0.15, 0.2) is 91.6 Å². The van der Waals surface area contributed by atoms with Crippen LogP contribution in [0.3, 0.4) is 0 Å². The molecule has 0 spiro atoms. The van der Waals surface area contributed by atoms with E-state index in [1.165, 1.54) is 16.7 Å². The van der Waals surface area contributed by atoms with Crippen molar-refractivity contribution in [3.63, 3.8) is 0 Å². The number of nitrogens with zero attached hydrogens (tertiary/aromatic N) is 4. The molecule has 1 N–H and O–H groups in total. The highest BCUT2D eigenvalue weighted by molar-refractivity contribution is 5.93. The Labute approximate surface area is 180 Å². The minimum atomic E-state index is 0.687. The largest absolute Gasteiger partial charge is 0.365 e. The summed E-state index contributed by atoms with van der Waals surface area (Å²) in [6.45, 7) is 2.69. The number of benzene rings is 1. The number of hydrogen-bond acceptors (Lipinski definition) is 5. The summed E-state index contributed by atoms with van der Waals surface area (Å²) < 4.78 is 0. The van der Waals surface area contributed by atoms with Gasteiger partial charge in [-0.05, 0) is 65.4 Å². The summed E-state index contributed by atoms with van der Waals surface area (Å²) in [5, 5.41) is 5.55. The summed E-state index contributed by atoms with van der Waals surface area (Å²) >= 11 is 0. The molecule has 0 saturated carbocycles. The minimum Gasteiger partial charge on any atom is -0.365 e. The van der Waals surface area contributed by atoms with Gasteiger partial charge in [0.25, 0.3) is 0 Å². The molecule has 0 fully saturated rings. The summed E-state index contributed by atoms with van der Waals surface area (Å²) in [7, 11) is 0. The zero-order valence-corrected chi connectivity index (χ0v) is 17.2. The van der Waals surface area contributed by atoms with Crippen molar-refractivity contribution in [2.75, 3.05) is 5.32 Å². The first kappa shape index (κ1) is 18.9. The quantitative estimate of drug-likeness (QED) is 0.409. The molecule has 5 heteroatoms. The van der Waals surface area contributed by atoms with Crippen LogP contribution in [0.25, 0.3) is 33.2 Å². The van der Waals surface area contributed by atoms with Crippen molar-refractivity contribution < 1.29 is 0 Å². The van der Waals surface area contributed by atoms with Crippen LogP contribution in [0, 0.1) is 6.92 Å². The van der Waals surface area contributed by atoms with E-state index in [9.17, 15) is 0 Å². The molecule has 0 amide bonds. The average molecular weight is 403 g/mol. The third-order valence-corrected chi connectivity index (χ3v) is 5.25. The monoisotopic (exact) mass is 403 g/mol. The maximum Gasteiger partial charge on any atom is 0.135 e. The van der Waals surface area contributed by atoms with Crippen LogP contribution in [-0.2, 0) is 6.54 Å². The van der Waals surface area contributed by atoms with E-state index in [-0.39, 0.29) is 0 Å². The zero-order chi connectivity index (χ0) is 21.0. The number of pyridine rings is 4. The topological polar surface area (TPSA) is 63.6 Å². The summed E-state index contributed by atoms with van der Waals surface area (Å²) in [4.78, 5) is 17.6. The van der Waals surface area contributed by atoms with Crippen molar-refractivity contribution >= 4 is 16.6 Å². The van der Waals surface area contributed by atoms with Gasteiger partial charge in [0.1, 0.15) is 5.82 Å². The smallest absolute Gasteiger partial charge is 0.135 e. The van der Waals surface area contributed by atoms with E-state index in [1.54, 1.807) is 6.20 Å². The van der Waals surface area contributed by atoms with Crippen LogP contribution >= 0.6 is 0 Å². The van der Waals surface area contributed by atoms with Crippen molar-refractivity contribution in [2.24, 2.45) is 0 Å². The molecule has 5 rings (SSSR count). The van der Waals surface area contributed by atoms with Gasteiger partial charge in [-0.15, -0.1) is 0 Å². The van der Waals surface area contributed by atoms with E-state index in [0.717, 1.165) is 33.5 Å². The van der Waals surface area contributed by atoms with Crippen molar-refractivity contribution in [2.45, 2.75) is 13.5 Å². The van der Waals surface area contributed by atoms with Gasteiger partial charge in [-0.3, -0.25) is 15.0 Å². The van der Waals surface area contributed by atoms with E-state index in [2.05, 4.69) is 61.7 Å². The Hall–Kier alpha value is -4.12. The summed E-state index contributed by atoms with van der Waals surface area (Å²) in [5.74, 6) is 0.830. The first-order valence-corrected chi connectivity index (χ1v) is 10.2. The van der Waals surface area contributed by atoms with Crippen molar-refractivity contribution in [1.29, 1.82) is 0 Å². The number of hydrogen-bond donors (Lipinski definition) is 1. The molecule has 0 unspecified atom stereocenters. The molecule has 0 bridgehead atoms. The molecule has 1 aromatic carbocycles. The Bertz CT molecular complexity index is 1330. The van der Waals surface area contributed by atoms with Crippen LogP contribution in [0.1, 0.15) is 11.3 Å². The van der Waals surface area contributed by atoms with Gasteiger partial charge >= 0.3 is 0 Å². The molecule has 150 valence electrons. The molecule has 31 heavy (non-hydrogen) atoms. The van der Waals surface area contributed by atoms with Gasteiger partial charge in [-0.1, -0.05) is 24.3 Å². The molecule has 0 aliphatic carbocycles.